The van der Waals surface area contributed by atoms with Crippen LogP contribution in [0.3, 0.4) is 0 Å². The van der Waals surface area contributed by atoms with Gasteiger partial charge in [0.05, 0.1) is 5.92 Å². The Balaban J connectivity index is 2.11. The predicted octanol–water partition coefficient (Wildman–Crippen LogP) is 4.45. The van der Waals surface area contributed by atoms with E-state index in [1.165, 1.54) is 4.88 Å². The van der Waals surface area contributed by atoms with E-state index < -0.39 is 5.97 Å². The van der Waals surface area contributed by atoms with Gasteiger partial charge in [-0.15, -0.1) is 11.3 Å². The van der Waals surface area contributed by atoms with Crippen LogP contribution in [-0.2, 0) is 11.2 Å². The second kappa shape index (κ2) is 5.66. The van der Waals surface area contributed by atoms with Crippen LogP contribution in [0.25, 0.3) is 0 Å². The Bertz CT molecular complexity index is 416. The highest BCUT2D eigenvalue weighted by molar-refractivity contribution is 7.09. The summed E-state index contributed by atoms with van der Waals surface area (Å²) in [5.41, 5.74) is 0.289. The maximum Gasteiger partial charge on any atom is 0.306 e. The lowest BCUT2D eigenvalue weighted by molar-refractivity contribution is -0.146. The molecule has 3 unspecified atom stereocenters. The Morgan fingerprint density at radius 1 is 1.42 bits per heavy atom. The third kappa shape index (κ3) is 3.59. The molecule has 0 amide bonds. The number of rotatable bonds is 3. The molecule has 1 aliphatic rings. The minimum Gasteiger partial charge on any atom is -0.481 e. The van der Waals surface area contributed by atoms with Crippen molar-refractivity contribution in [2.24, 2.45) is 23.2 Å². The van der Waals surface area contributed by atoms with Crippen molar-refractivity contribution in [1.82, 2.24) is 0 Å². The standard InChI is InChI=1S/C16H24O2S/c1-16(2,3)12-6-7-14(15(17)18)11(9-12)10-13-5-4-8-19-13/h4-5,8,11-12,14H,6-7,9-10H2,1-3H3,(H,17,18). The van der Waals surface area contributed by atoms with Crippen LogP contribution in [-0.4, -0.2) is 11.1 Å². The quantitative estimate of drug-likeness (QED) is 0.888. The molecule has 1 saturated carbocycles. The van der Waals surface area contributed by atoms with Crippen LogP contribution in [0.1, 0.15) is 44.9 Å². The molecular weight excluding hydrogens is 256 g/mol. The fourth-order valence-corrected chi connectivity index (χ4v) is 4.09. The molecular formula is C16H24O2S. The maximum absolute atomic E-state index is 11.5. The third-order valence-corrected chi connectivity index (χ3v) is 5.47. The molecule has 0 aliphatic heterocycles. The SMILES string of the molecule is CC(C)(C)C1CCC(C(=O)O)C(Cc2cccs2)C1. The van der Waals surface area contributed by atoms with Crippen LogP contribution in [0.5, 0.6) is 0 Å². The number of carboxylic acid groups (broad SMARTS) is 1. The van der Waals surface area contributed by atoms with E-state index in [1.54, 1.807) is 11.3 Å². The summed E-state index contributed by atoms with van der Waals surface area (Å²) in [6, 6.07) is 4.18. The normalized spacial score (nSPS) is 28.3. The summed E-state index contributed by atoms with van der Waals surface area (Å²) in [7, 11) is 0. The monoisotopic (exact) mass is 280 g/mol. The highest BCUT2D eigenvalue weighted by atomic mass is 32.1. The molecule has 1 N–H and O–H groups in total. The first-order chi connectivity index (χ1) is 8.88. The van der Waals surface area contributed by atoms with Gasteiger partial charge in [-0.05, 0) is 54.4 Å². The van der Waals surface area contributed by atoms with E-state index >= 15 is 0 Å². The van der Waals surface area contributed by atoms with Gasteiger partial charge < -0.3 is 5.11 Å². The van der Waals surface area contributed by atoms with Gasteiger partial charge >= 0.3 is 5.97 Å². The Morgan fingerprint density at radius 2 is 2.16 bits per heavy atom. The summed E-state index contributed by atoms with van der Waals surface area (Å²) in [6.07, 6.45) is 3.88. The predicted molar refractivity (Wildman–Crippen MR) is 79.4 cm³/mol. The second-order valence-electron chi connectivity index (χ2n) is 6.86. The molecule has 3 heteroatoms. The van der Waals surface area contributed by atoms with E-state index in [1.807, 2.05) is 0 Å². The summed E-state index contributed by atoms with van der Waals surface area (Å²) in [6.45, 7) is 6.84. The summed E-state index contributed by atoms with van der Waals surface area (Å²) in [4.78, 5) is 12.8. The molecule has 2 rings (SSSR count). The van der Waals surface area contributed by atoms with Gasteiger partial charge in [0, 0.05) is 4.88 Å². The van der Waals surface area contributed by atoms with Crippen molar-refractivity contribution in [3.63, 3.8) is 0 Å². The molecule has 0 radical (unpaired) electrons. The largest absolute Gasteiger partial charge is 0.481 e. The van der Waals surface area contributed by atoms with Crippen molar-refractivity contribution in [3.05, 3.63) is 22.4 Å². The summed E-state index contributed by atoms with van der Waals surface area (Å²) in [5.74, 6) is 0.191. The summed E-state index contributed by atoms with van der Waals surface area (Å²) in [5, 5.41) is 11.5. The zero-order valence-electron chi connectivity index (χ0n) is 12.1. The fourth-order valence-electron chi connectivity index (χ4n) is 3.29. The van der Waals surface area contributed by atoms with Crippen molar-refractivity contribution in [2.75, 3.05) is 0 Å². The molecule has 0 saturated heterocycles. The highest BCUT2D eigenvalue weighted by Crippen LogP contribution is 2.44. The number of carboxylic acids is 1. The number of aliphatic carboxylic acids is 1. The number of thiophene rings is 1. The molecule has 0 bridgehead atoms. The van der Waals surface area contributed by atoms with Gasteiger partial charge in [-0.25, -0.2) is 0 Å². The number of hydrogen-bond donors (Lipinski definition) is 1. The first-order valence-corrected chi connectivity index (χ1v) is 8.01. The highest BCUT2D eigenvalue weighted by Gasteiger charge is 2.38. The summed E-state index contributed by atoms with van der Waals surface area (Å²) < 4.78 is 0. The average molecular weight is 280 g/mol. The first-order valence-electron chi connectivity index (χ1n) is 7.13. The van der Waals surface area contributed by atoms with Crippen LogP contribution < -0.4 is 0 Å². The molecule has 1 aromatic heterocycles. The van der Waals surface area contributed by atoms with Gasteiger partial charge in [0.25, 0.3) is 0 Å². The molecule has 106 valence electrons. The minimum absolute atomic E-state index is 0.152. The van der Waals surface area contributed by atoms with Crippen LogP contribution >= 0.6 is 11.3 Å². The Labute approximate surface area is 119 Å². The molecule has 0 aromatic carbocycles. The molecule has 2 nitrogen and oxygen atoms in total. The Hall–Kier alpha value is -0.830. The number of hydrogen-bond acceptors (Lipinski definition) is 2. The fraction of sp³-hybridized carbons (Fsp3) is 0.688. The van der Waals surface area contributed by atoms with Gasteiger partial charge in [0.2, 0.25) is 0 Å². The smallest absolute Gasteiger partial charge is 0.306 e. The van der Waals surface area contributed by atoms with E-state index in [2.05, 4.69) is 38.3 Å². The first kappa shape index (κ1) is 14.6. The van der Waals surface area contributed by atoms with Crippen molar-refractivity contribution < 1.29 is 9.90 Å². The lowest BCUT2D eigenvalue weighted by Gasteiger charge is -2.40. The lowest BCUT2D eigenvalue weighted by Crippen LogP contribution is -2.36. The van der Waals surface area contributed by atoms with Gasteiger partial charge in [0.15, 0.2) is 0 Å². The van der Waals surface area contributed by atoms with Crippen molar-refractivity contribution in [1.29, 1.82) is 0 Å². The van der Waals surface area contributed by atoms with Crippen LogP contribution in [0.4, 0.5) is 0 Å². The molecule has 19 heavy (non-hydrogen) atoms. The lowest BCUT2D eigenvalue weighted by atomic mass is 9.65. The van der Waals surface area contributed by atoms with Crippen molar-refractivity contribution >= 4 is 17.3 Å². The maximum atomic E-state index is 11.5. The molecule has 1 aromatic rings. The van der Waals surface area contributed by atoms with E-state index in [4.69, 9.17) is 0 Å². The molecule has 1 aliphatic carbocycles. The summed E-state index contributed by atoms with van der Waals surface area (Å²) >= 11 is 1.75. The second-order valence-corrected chi connectivity index (χ2v) is 7.90. The van der Waals surface area contributed by atoms with Crippen molar-refractivity contribution in [2.45, 2.75) is 46.5 Å². The average Bonchev–Trinajstić information content (AvgIpc) is 2.80. The zero-order chi connectivity index (χ0) is 14.0. The van der Waals surface area contributed by atoms with Crippen molar-refractivity contribution in [3.8, 4) is 0 Å². The third-order valence-electron chi connectivity index (χ3n) is 4.57. The Kier molecular flexibility index (Phi) is 4.34. The van der Waals surface area contributed by atoms with E-state index in [0.717, 1.165) is 25.7 Å². The van der Waals surface area contributed by atoms with Crippen LogP contribution in [0.2, 0.25) is 0 Å². The van der Waals surface area contributed by atoms with Crippen LogP contribution in [0.15, 0.2) is 17.5 Å². The molecule has 1 heterocycles. The van der Waals surface area contributed by atoms with E-state index in [0.29, 0.717) is 11.8 Å². The molecule has 1 fully saturated rings. The zero-order valence-corrected chi connectivity index (χ0v) is 12.9. The number of carbonyl (C=O) groups is 1. The van der Waals surface area contributed by atoms with Gasteiger partial charge in [0.1, 0.15) is 0 Å². The van der Waals surface area contributed by atoms with Gasteiger partial charge in [-0.1, -0.05) is 26.8 Å². The molecule has 3 atom stereocenters. The Morgan fingerprint density at radius 3 is 2.68 bits per heavy atom. The van der Waals surface area contributed by atoms with E-state index in [9.17, 15) is 9.90 Å². The minimum atomic E-state index is -0.603. The van der Waals surface area contributed by atoms with E-state index in [-0.39, 0.29) is 11.3 Å². The van der Waals surface area contributed by atoms with Gasteiger partial charge in [-0.2, -0.15) is 0 Å². The van der Waals surface area contributed by atoms with Crippen LogP contribution in [0, 0.1) is 23.2 Å². The topological polar surface area (TPSA) is 37.3 Å². The van der Waals surface area contributed by atoms with Gasteiger partial charge in [-0.3, -0.25) is 4.79 Å². The molecule has 0 spiro atoms.